The van der Waals surface area contributed by atoms with E-state index in [0.29, 0.717) is 37.1 Å². The first-order valence-corrected chi connectivity index (χ1v) is 9.08. The molecule has 1 N–H and O–H groups in total. The van der Waals surface area contributed by atoms with Crippen LogP contribution in [0.4, 0.5) is 0 Å². The number of rotatable bonds is 6. The number of nitrogens with zero attached hydrogens (tertiary/aromatic N) is 1. The molecule has 0 aromatic heterocycles. The number of amides is 2. The summed E-state index contributed by atoms with van der Waals surface area (Å²) in [6, 6.07) is 7.27. The molecule has 1 saturated heterocycles. The molecular formula is C16H21ClN2O3S. The van der Waals surface area contributed by atoms with Gasteiger partial charge in [0.15, 0.2) is 0 Å². The molecule has 1 unspecified atom stereocenters. The second-order valence-electron chi connectivity index (χ2n) is 5.30. The molecule has 7 heteroatoms. The normalized spacial score (nSPS) is 16.0. The number of hydrogen-bond donors (Lipinski definition) is 1. The van der Waals surface area contributed by atoms with Crippen LogP contribution in [0, 0.1) is 0 Å². The fourth-order valence-electron chi connectivity index (χ4n) is 2.32. The Morgan fingerprint density at radius 2 is 2.00 bits per heavy atom. The van der Waals surface area contributed by atoms with E-state index < -0.39 is 0 Å². The Hall–Kier alpha value is -1.24. The lowest BCUT2D eigenvalue weighted by Crippen LogP contribution is -2.41. The standard InChI is InChI=1S/C16H21ClN2O3S/c1-12(13-4-2-3-5-14(13)17)18-15(20)10-23-11-16(21)19-6-8-22-9-7-19/h2-5,12H,6-11H2,1H3,(H,18,20). The Labute approximate surface area is 145 Å². The van der Waals surface area contributed by atoms with Crippen molar-refractivity contribution in [1.82, 2.24) is 10.2 Å². The molecule has 1 aliphatic heterocycles. The fourth-order valence-corrected chi connectivity index (χ4v) is 3.35. The molecular weight excluding hydrogens is 336 g/mol. The molecule has 1 heterocycles. The molecule has 2 rings (SSSR count). The zero-order valence-electron chi connectivity index (χ0n) is 13.1. The van der Waals surface area contributed by atoms with E-state index in [4.69, 9.17) is 16.3 Å². The molecule has 1 aromatic carbocycles. The van der Waals surface area contributed by atoms with Crippen molar-refractivity contribution in [2.24, 2.45) is 0 Å². The van der Waals surface area contributed by atoms with Crippen LogP contribution in [-0.2, 0) is 14.3 Å². The van der Waals surface area contributed by atoms with E-state index in [1.807, 2.05) is 25.1 Å². The molecule has 2 amide bonds. The largest absolute Gasteiger partial charge is 0.378 e. The number of carbonyl (C=O) groups excluding carboxylic acids is 2. The number of hydrogen-bond acceptors (Lipinski definition) is 4. The lowest BCUT2D eigenvalue weighted by Gasteiger charge is -2.26. The topological polar surface area (TPSA) is 58.6 Å². The molecule has 1 aromatic rings. The van der Waals surface area contributed by atoms with Crippen LogP contribution >= 0.6 is 23.4 Å². The Kier molecular flexibility index (Phi) is 7.20. The smallest absolute Gasteiger partial charge is 0.232 e. The molecule has 0 spiro atoms. The van der Waals surface area contributed by atoms with E-state index in [0.717, 1.165) is 5.56 Å². The van der Waals surface area contributed by atoms with E-state index in [-0.39, 0.29) is 23.6 Å². The van der Waals surface area contributed by atoms with E-state index in [2.05, 4.69) is 5.32 Å². The van der Waals surface area contributed by atoms with Crippen molar-refractivity contribution in [3.8, 4) is 0 Å². The lowest BCUT2D eigenvalue weighted by molar-refractivity contribution is -0.132. The van der Waals surface area contributed by atoms with Crippen LogP contribution in [0.2, 0.25) is 5.02 Å². The van der Waals surface area contributed by atoms with Gasteiger partial charge in [0.05, 0.1) is 30.8 Å². The minimum atomic E-state index is -0.160. The van der Waals surface area contributed by atoms with Crippen LogP contribution in [-0.4, -0.2) is 54.5 Å². The lowest BCUT2D eigenvalue weighted by atomic mass is 10.1. The third-order valence-corrected chi connectivity index (χ3v) is 4.83. The Balaban J connectivity index is 1.70. The number of halogens is 1. The van der Waals surface area contributed by atoms with E-state index in [1.54, 1.807) is 11.0 Å². The molecule has 0 radical (unpaired) electrons. The molecule has 1 atom stereocenters. The van der Waals surface area contributed by atoms with Gasteiger partial charge in [0.25, 0.3) is 0 Å². The summed E-state index contributed by atoms with van der Waals surface area (Å²) >= 11 is 7.45. The Morgan fingerprint density at radius 1 is 1.30 bits per heavy atom. The number of nitrogens with one attached hydrogen (secondary N) is 1. The number of morpholine rings is 1. The Morgan fingerprint density at radius 3 is 2.70 bits per heavy atom. The minimum Gasteiger partial charge on any atom is -0.378 e. The van der Waals surface area contributed by atoms with Gasteiger partial charge >= 0.3 is 0 Å². The van der Waals surface area contributed by atoms with Crippen molar-refractivity contribution in [2.75, 3.05) is 37.8 Å². The highest BCUT2D eigenvalue weighted by Gasteiger charge is 2.17. The molecule has 0 bridgehead atoms. The van der Waals surface area contributed by atoms with Gasteiger partial charge in [-0.25, -0.2) is 0 Å². The SMILES string of the molecule is CC(NC(=O)CSCC(=O)N1CCOCC1)c1ccccc1Cl. The molecule has 1 aliphatic rings. The van der Waals surface area contributed by atoms with E-state index in [1.165, 1.54) is 11.8 Å². The average molecular weight is 357 g/mol. The van der Waals surface area contributed by atoms with Gasteiger partial charge in [-0.1, -0.05) is 29.8 Å². The first kappa shape index (κ1) is 18.1. The van der Waals surface area contributed by atoms with Crippen molar-refractivity contribution in [1.29, 1.82) is 0 Å². The zero-order chi connectivity index (χ0) is 16.7. The first-order valence-electron chi connectivity index (χ1n) is 7.55. The molecule has 1 fully saturated rings. The predicted molar refractivity (Wildman–Crippen MR) is 92.7 cm³/mol. The van der Waals surface area contributed by atoms with Crippen molar-refractivity contribution in [3.63, 3.8) is 0 Å². The second-order valence-corrected chi connectivity index (χ2v) is 6.69. The second kappa shape index (κ2) is 9.15. The highest BCUT2D eigenvalue weighted by molar-refractivity contribution is 8.00. The molecule has 5 nitrogen and oxygen atoms in total. The van der Waals surface area contributed by atoms with E-state index in [9.17, 15) is 9.59 Å². The van der Waals surface area contributed by atoms with Crippen LogP contribution < -0.4 is 5.32 Å². The average Bonchev–Trinajstić information content (AvgIpc) is 2.55. The molecule has 0 saturated carbocycles. The fraction of sp³-hybridized carbons (Fsp3) is 0.500. The summed E-state index contributed by atoms with van der Waals surface area (Å²) in [6.07, 6.45) is 0. The maximum Gasteiger partial charge on any atom is 0.232 e. The minimum absolute atomic E-state index is 0.0604. The van der Waals surface area contributed by atoms with Crippen LogP contribution in [0.5, 0.6) is 0 Å². The predicted octanol–water partition coefficient (Wildman–Crippen LogP) is 2.11. The molecule has 126 valence electrons. The summed E-state index contributed by atoms with van der Waals surface area (Å²) in [5.74, 6) is 0.529. The van der Waals surface area contributed by atoms with Gasteiger partial charge in [0.2, 0.25) is 11.8 Å². The van der Waals surface area contributed by atoms with Crippen molar-refractivity contribution in [2.45, 2.75) is 13.0 Å². The maximum absolute atomic E-state index is 12.0. The highest BCUT2D eigenvalue weighted by Crippen LogP contribution is 2.22. The van der Waals surface area contributed by atoms with Crippen LogP contribution in [0.3, 0.4) is 0 Å². The summed E-state index contributed by atoms with van der Waals surface area (Å²) in [4.78, 5) is 25.7. The van der Waals surface area contributed by atoms with Gasteiger partial charge in [0.1, 0.15) is 0 Å². The van der Waals surface area contributed by atoms with E-state index >= 15 is 0 Å². The zero-order valence-corrected chi connectivity index (χ0v) is 14.7. The monoisotopic (exact) mass is 356 g/mol. The first-order chi connectivity index (χ1) is 11.1. The third-order valence-electron chi connectivity index (χ3n) is 3.57. The summed E-state index contributed by atoms with van der Waals surface area (Å²) < 4.78 is 5.21. The molecule has 0 aliphatic carbocycles. The van der Waals surface area contributed by atoms with Crippen molar-refractivity contribution in [3.05, 3.63) is 34.9 Å². The Bertz CT molecular complexity index is 550. The van der Waals surface area contributed by atoms with Gasteiger partial charge in [-0.2, -0.15) is 0 Å². The van der Waals surface area contributed by atoms with Gasteiger partial charge in [-0.15, -0.1) is 11.8 Å². The van der Waals surface area contributed by atoms with Crippen molar-refractivity contribution >= 4 is 35.2 Å². The highest BCUT2D eigenvalue weighted by atomic mass is 35.5. The van der Waals surface area contributed by atoms with Crippen molar-refractivity contribution < 1.29 is 14.3 Å². The quantitative estimate of drug-likeness (QED) is 0.848. The maximum atomic E-state index is 12.0. The van der Waals surface area contributed by atoms with Gasteiger partial charge in [-0.3, -0.25) is 9.59 Å². The summed E-state index contributed by atoms with van der Waals surface area (Å²) in [7, 11) is 0. The number of benzene rings is 1. The van der Waals surface area contributed by atoms with Crippen LogP contribution in [0.15, 0.2) is 24.3 Å². The van der Waals surface area contributed by atoms with Gasteiger partial charge in [0, 0.05) is 18.1 Å². The van der Waals surface area contributed by atoms with Gasteiger partial charge < -0.3 is 15.0 Å². The summed E-state index contributed by atoms with van der Waals surface area (Å²) in [6.45, 7) is 4.34. The molecule has 23 heavy (non-hydrogen) atoms. The number of thioether (sulfide) groups is 1. The third kappa shape index (κ3) is 5.71. The summed E-state index contributed by atoms with van der Waals surface area (Å²) in [5.41, 5.74) is 0.886. The van der Waals surface area contributed by atoms with Gasteiger partial charge in [-0.05, 0) is 18.6 Å². The van der Waals surface area contributed by atoms with Crippen LogP contribution in [0.25, 0.3) is 0 Å². The summed E-state index contributed by atoms with van der Waals surface area (Å²) in [5, 5.41) is 3.54. The number of carbonyl (C=O) groups is 2. The van der Waals surface area contributed by atoms with Crippen LogP contribution in [0.1, 0.15) is 18.5 Å². The number of ether oxygens (including phenoxy) is 1.